The zero-order valence-electron chi connectivity index (χ0n) is 5.93. The Morgan fingerprint density at radius 1 is 1.55 bits per heavy atom. The SMILES string of the molecule is CC(OCCO)OS(=O)(=O)O. The summed E-state index contributed by atoms with van der Waals surface area (Å²) in [6.45, 7) is 0.999. The molecule has 0 aliphatic heterocycles. The predicted octanol–water partition coefficient (Wildman–Crippen LogP) is -0.839. The zero-order valence-corrected chi connectivity index (χ0v) is 6.74. The Morgan fingerprint density at radius 3 is 2.45 bits per heavy atom. The van der Waals surface area contributed by atoms with E-state index in [4.69, 9.17) is 9.66 Å². The van der Waals surface area contributed by atoms with Gasteiger partial charge in [-0.25, -0.2) is 4.18 Å². The second kappa shape index (κ2) is 4.62. The summed E-state index contributed by atoms with van der Waals surface area (Å²) in [6.07, 6.45) is -1.09. The van der Waals surface area contributed by atoms with Gasteiger partial charge < -0.3 is 9.84 Å². The van der Waals surface area contributed by atoms with Crippen LogP contribution in [0.25, 0.3) is 0 Å². The molecule has 1 atom stereocenters. The van der Waals surface area contributed by atoms with Crippen LogP contribution in [-0.4, -0.2) is 37.6 Å². The fourth-order valence-electron chi connectivity index (χ4n) is 0.418. The molecule has 0 aliphatic carbocycles. The minimum Gasteiger partial charge on any atom is -0.394 e. The molecule has 2 N–H and O–H groups in total. The van der Waals surface area contributed by atoms with Crippen molar-refractivity contribution in [1.29, 1.82) is 0 Å². The highest BCUT2D eigenvalue weighted by Crippen LogP contribution is 1.97. The summed E-state index contributed by atoms with van der Waals surface area (Å²) < 4.78 is 36.6. The fourth-order valence-corrected chi connectivity index (χ4v) is 0.816. The molecule has 6 nitrogen and oxygen atoms in total. The van der Waals surface area contributed by atoms with E-state index in [1.54, 1.807) is 0 Å². The third-order valence-electron chi connectivity index (χ3n) is 0.701. The van der Waals surface area contributed by atoms with Gasteiger partial charge in [0.25, 0.3) is 0 Å². The lowest BCUT2D eigenvalue weighted by Gasteiger charge is -2.09. The van der Waals surface area contributed by atoms with E-state index in [9.17, 15) is 8.42 Å². The lowest BCUT2D eigenvalue weighted by atomic mass is 10.7. The van der Waals surface area contributed by atoms with Gasteiger partial charge in [-0.15, -0.1) is 0 Å². The van der Waals surface area contributed by atoms with E-state index in [1.807, 2.05) is 0 Å². The predicted molar refractivity (Wildman–Crippen MR) is 35.1 cm³/mol. The third kappa shape index (κ3) is 7.69. The Morgan fingerprint density at radius 2 is 2.09 bits per heavy atom. The van der Waals surface area contributed by atoms with E-state index < -0.39 is 16.7 Å². The topological polar surface area (TPSA) is 93.1 Å². The van der Waals surface area contributed by atoms with Crippen LogP contribution in [0.1, 0.15) is 6.92 Å². The van der Waals surface area contributed by atoms with Crippen molar-refractivity contribution < 1.29 is 27.0 Å². The lowest BCUT2D eigenvalue weighted by Crippen LogP contribution is -2.19. The molecular weight excluding hydrogens is 176 g/mol. The summed E-state index contributed by atoms with van der Waals surface area (Å²) in [5.74, 6) is 0. The highest BCUT2D eigenvalue weighted by molar-refractivity contribution is 7.80. The maximum Gasteiger partial charge on any atom is 0.399 e. The van der Waals surface area contributed by atoms with E-state index in [0.29, 0.717) is 0 Å². The second-order valence-corrected chi connectivity index (χ2v) is 2.73. The Kier molecular flexibility index (Phi) is 4.54. The van der Waals surface area contributed by atoms with Gasteiger partial charge in [-0.3, -0.25) is 4.55 Å². The van der Waals surface area contributed by atoms with Crippen molar-refractivity contribution in [3.63, 3.8) is 0 Å². The average molecular weight is 186 g/mol. The lowest BCUT2D eigenvalue weighted by molar-refractivity contribution is -0.0771. The molecule has 0 fully saturated rings. The van der Waals surface area contributed by atoms with Crippen LogP contribution in [0.4, 0.5) is 0 Å². The first-order valence-electron chi connectivity index (χ1n) is 2.84. The van der Waals surface area contributed by atoms with Crippen LogP contribution in [0.2, 0.25) is 0 Å². The number of rotatable bonds is 5. The standard InChI is InChI=1S/C4H10O6S/c1-4(9-3-2-5)10-11(6,7)8/h4-5H,2-3H2,1H3,(H,6,7,8). The molecule has 0 amide bonds. The molecular formula is C4H10O6S. The molecule has 0 spiro atoms. The summed E-state index contributed by atoms with van der Waals surface area (Å²) in [6, 6.07) is 0. The van der Waals surface area contributed by atoms with Gasteiger partial charge in [0.15, 0.2) is 6.29 Å². The van der Waals surface area contributed by atoms with Gasteiger partial charge in [0.05, 0.1) is 13.2 Å². The number of aliphatic hydroxyl groups excluding tert-OH is 1. The second-order valence-electron chi connectivity index (χ2n) is 1.69. The first-order valence-corrected chi connectivity index (χ1v) is 4.20. The van der Waals surface area contributed by atoms with Gasteiger partial charge in [0, 0.05) is 0 Å². The van der Waals surface area contributed by atoms with Crippen molar-refractivity contribution in [2.24, 2.45) is 0 Å². The minimum absolute atomic E-state index is 0.0450. The van der Waals surface area contributed by atoms with E-state index in [-0.39, 0.29) is 13.2 Å². The largest absolute Gasteiger partial charge is 0.399 e. The monoisotopic (exact) mass is 186 g/mol. The van der Waals surface area contributed by atoms with Crippen LogP contribution >= 0.6 is 0 Å². The Labute approximate surface area is 64.7 Å². The number of ether oxygens (including phenoxy) is 1. The highest BCUT2D eigenvalue weighted by Gasteiger charge is 2.11. The van der Waals surface area contributed by atoms with Crippen LogP contribution < -0.4 is 0 Å². The summed E-state index contributed by atoms with van der Waals surface area (Å²) in [7, 11) is -4.46. The molecule has 7 heteroatoms. The number of aliphatic hydroxyl groups is 1. The van der Waals surface area contributed by atoms with Crippen molar-refractivity contribution in [2.75, 3.05) is 13.2 Å². The maximum absolute atomic E-state index is 10.00. The summed E-state index contributed by atoms with van der Waals surface area (Å²) in [5, 5.41) is 8.22. The van der Waals surface area contributed by atoms with Crippen molar-refractivity contribution in [1.82, 2.24) is 0 Å². The van der Waals surface area contributed by atoms with Gasteiger partial charge in [0.1, 0.15) is 0 Å². The molecule has 0 aromatic carbocycles. The van der Waals surface area contributed by atoms with Crippen LogP contribution in [0.5, 0.6) is 0 Å². The van der Waals surface area contributed by atoms with Crippen LogP contribution in [0.15, 0.2) is 0 Å². The molecule has 0 aliphatic rings. The molecule has 0 saturated heterocycles. The minimum atomic E-state index is -4.46. The Bertz CT molecular complexity index is 185. The van der Waals surface area contributed by atoms with E-state index in [2.05, 4.69) is 8.92 Å². The number of hydrogen-bond acceptors (Lipinski definition) is 5. The molecule has 0 saturated carbocycles. The van der Waals surface area contributed by atoms with E-state index in [1.165, 1.54) is 6.92 Å². The first kappa shape index (κ1) is 10.8. The Balaban J connectivity index is 3.61. The normalized spacial score (nSPS) is 14.8. The van der Waals surface area contributed by atoms with Gasteiger partial charge in [-0.1, -0.05) is 0 Å². The molecule has 1 unspecified atom stereocenters. The molecule has 0 aromatic rings. The highest BCUT2D eigenvalue weighted by atomic mass is 32.3. The van der Waals surface area contributed by atoms with Crippen molar-refractivity contribution in [3.05, 3.63) is 0 Å². The van der Waals surface area contributed by atoms with Crippen molar-refractivity contribution in [2.45, 2.75) is 13.2 Å². The van der Waals surface area contributed by atoms with Gasteiger partial charge >= 0.3 is 10.4 Å². The van der Waals surface area contributed by atoms with E-state index >= 15 is 0 Å². The van der Waals surface area contributed by atoms with Gasteiger partial charge in [-0.2, -0.15) is 8.42 Å². The van der Waals surface area contributed by atoms with Crippen LogP contribution in [-0.2, 0) is 19.3 Å². The van der Waals surface area contributed by atoms with Crippen molar-refractivity contribution in [3.8, 4) is 0 Å². The molecule has 0 rings (SSSR count). The fraction of sp³-hybridized carbons (Fsp3) is 1.00. The molecule has 0 heterocycles. The van der Waals surface area contributed by atoms with Crippen molar-refractivity contribution >= 4 is 10.4 Å². The van der Waals surface area contributed by atoms with E-state index in [0.717, 1.165) is 0 Å². The summed E-state index contributed by atoms with van der Waals surface area (Å²) in [4.78, 5) is 0. The zero-order chi connectivity index (χ0) is 8.91. The van der Waals surface area contributed by atoms with Crippen LogP contribution in [0, 0.1) is 0 Å². The molecule has 0 radical (unpaired) electrons. The smallest absolute Gasteiger partial charge is 0.394 e. The summed E-state index contributed by atoms with van der Waals surface area (Å²) in [5.41, 5.74) is 0. The average Bonchev–Trinajstić information content (AvgIpc) is 1.79. The summed E-state index contributed by atoms with van der Waals surface area (Å²) >= 11 is 0. The molecule has 0 bridgehead atoms. The quantitative estimate of drug-likeness (QED) is 0.429. The third-order valence-corrected chi connectivity index (χ3v) is 1.22. The van der Waals surface area contributed by atoms with Gasteiger partial charge in [0.2, 0.25) is 0 Å². The number of hydrogen-bond donors (Lipinski definition) is 2. The molecule has 0 aromatic heterocycles. The Hall–Kier alpha value is -0.210. The first-order chi connectivity index (χ1) is 4.95. The van der Waals surface area contributed by atoms with Crippen LogP contribution in [0.3, 0.4) is 0 Å². The van der Waals surface area contributed by atoms with Gasteiger partial charge in [-0.05, 0) is 6.92 Å². The molecule has 11 heavy (non-hydrogen) atoms. The maximum atomic E-state index is 10.00. The molecule has 68 valence electrons.